The number of hydrazone groups is 1. The first-order chi connectivity index (χ1) is 13.9. The van der Waals surface area contributed by atoms with Crippen LogP contribution in [0.2, 0.25) is 0 Å². The van der Waals surface area contributed by atoms with Gasteiger partial charge in [0, 0.05) is 12.1 Å². The van der Waals surface area contributed by atoms with E-state index in [0.29, 0.717) is 22.7 Å². The van der Waals surface area contributed by atoms with Gasteiger partial charge in [0.15, 0.2) is 0 Å². The van der Waals surface area contributed by atoms with E-state index in [-0.39, 0.29) is 28.7 Å². The van der Waals surface area contributed by atoms with Crippen molar-refractivity contribution in [2.24, 2.45) is 5.10 Å². The number of hydrogen-bond acceptors (Lipinski definition) is 6. The number of anilines is 1. The van der Waals surface area contributed by atoms with Crippen LogP contribution in [-0.2, 0) is 4.79 Å². The lowest BCUT2D eigenvalue weighted by Gasteiger charge is -2.10. The van der Waals surface area contributed by atoms with Crippen molar-refractivity contribution in [2.75, 3.05) is 5.01 Å². The van der Waals surface area contributed by atoms with Gasteiger partial charge >= 0.3 is 0 Å². The Balaban J connectivity index is 1.65. The number of benzene rings is 2. The summed E-state index contributed by atoms with van der Waals surface area (Å²) in [6, 6.07) is 15.9. The first-order valence-electron chi connectivity index (χ1n) is 8.68. The molecule has 0 bridgehead atoms. The number of carbonyl (C=O) groups excluding carboxylic acids is 1. The second-order valence-electron chi connectivity index (χ2n) is 6.36. The van der Waals surface area contributed by atoms with E-state index in [1.165, 1.54) is 23.2 Å². The van der Waals surface area contributed by atoms with Gasteiger partial charge in [0.1, 0.15) is 17.3 Å². The molecule has 1 aliphatic rings. The summed E-state index contributed by atoms with van der Waals surface area (Å²) in [4.78, 5) is 23.2. The minimum Gasteiger partial charge on any atom is -0.507 e. The monoisotopic (exact) mass is 389 g/mol. The molecule has 3 aromatic rings. The highest BCUT2D eigenvalue weighted by Gasteiger charge is 2.29. The van der Waals surface area contributed by atoms with Gasteiger partial charge in [0.25, 0.3) is 11.6 Å². The van der Waals surface area contributed by atoms with Crippen LogP contribution in [0.3, 0.4) is 0 Å². The van der Waals surface area contributed by atoms with E-state index in [9.17, 15) is 20.0 Å². The summed E-state index contributed by atoms with van der Waals surface area (Å²) in [5.74, 6) is 0.177. The summed E-state index contributed by atoms with van der Waals surface area (Å²) in [6.45, 7) is 1.73. The zero-order valence-corrected chi connectivity index (χ0v) is 15.3. The molecule has 0 saturated carbocycles. The Morgan fingerprint density at radius 3 is 2.62 bits per heavy atom. The molecule has 2 aromatic carbocycles. The van der Waals surface area contributed by atoms with Crippen LogP contribution in [0, 0.1) is 10.1 Å². The molecule has 1 aliphatic heterocycles. The number of aromatic hydroxyl groups is 1. The maximum absolute atomic E-state index is 12.8. The van der Waals surface area contributed by atoms with Crippen LogP contribution < -0.4 is 5.01 Å². The third kappa shape index (κ3) is 3.39. The van der Waals surface area contributed by atoms with Gasteiger partial charge in [-0.25, -0.2) is 0 Å². The van der Waals surface area contributed by atoms with E-state index in [1.54, 1.807) is 37.3 Å². The average molecular weight is 389 g/mol. The number of nitrogens with zero attached hydrogens (tertiary/aromatic N) is 3. The van der Waals surface area contributed by atoms with Gasteiger partial charge in [-0.2, -0.15) is 10.1 Å². The van der Waals surface area contributed by atoms with Gasteiger partial charge in [-0.05, 0) is 43.3 Å². The molecule has 144 valence electrons. The number of nitro benzene ring substituents is 1. The standard InChI is InChI=1S/C21H15N3O5/c1-13-17(21(26)23(22-13)14-5-3-2-4-6-14)12-16-8-10-20(29-16)18-11-15(24(27)28)7-9-19(18)25/h2-12,25H,1H3/b17-12+. The maximum atomic E-state index is 12.8. The number of non-ortho nitro benzene ring substituents is 1. The number of nitro groups is 1. The Labute approximate surface area is 165 Å². The van der Waals surface area contributed by atoms with Crippen LogP contribution >= 0.6 is 0 Å². The number of phenols is 1. The molecule has 1 N–H and O–H groups in total. The molecule has 1 aromatic heterocycles. The van der Waals surface area contributed by atoms with Crippen molar-refractivity contribution in [1.82, 2.24) is 0 Å². The van der Waals surface area contributed by atoms with E-state index in [1.807, 2.05) is 18.2 Å². The van der Waals surface area contributed by atoms with E-state index < -0.39 is 4.92 Å². The lowest BCUT2D eigenvalue weighted by atomic mass is 10.1. The number of para-hydroxylation sites is 1. The number of phenolic OH excluding ortho intramolecular Hbond substituents is 1. The molecule has 2 heterocycles. The van der Waals surface area contributed by atoms with Gasteiger partial charge in [0.05, 0.1) is 27.5 Å². The fraction of sp³-hybridized carbons (Fsp3) is 0.0476. The molecule has 29 heavy (non-hydrogen) atoms. The van der Waals surface area contributed by atoms with Crippen LogP contribution in [0.15, 0.2) is 75.8 Å². The lowest BCUT2D eigenvalue weighted by molar-refractivity contribution is -0.384. The van der Waals surface area contributed by atoms with E-state index in [4.69, 9.17) is 4.42 Å². The van der Waals surface area contributed by atoms with Crippen molar-refractivity contribution in [3.8, 4) is 17.1 Å². The van der Waals surface area contributed by atoms with Gasteiger partial charge in [-0.15, -0.1) is 0 Å². The zero-order valence-electron chi connectivity index (χ0n) is 15.3. The lowest BCUT2D eigenvalue weighted by Crippen LogP contribution is -2.21. The molecule has 0 aliphatic carbocycles. The van der Waals surface area contributed by atoms with E-state index in [2.05, 4.69) is 5.10 Å². The molecular formula is C21H15N3O5. The summed E-state index contributed by atoms with van der Waals surface area (Å²) in [5.41, 5.74) is 1.59. The Morgan fingerprint density at radius 1 is 1.14 bits per heavy atom. The van der Waals surface area contributed by atoms with Crippen molar-refractivity contribution in [1.29, 1.82) is 0 Å². The summed E-state index contributed by atoms with van der Waals surface area (Å²) in [6.07, 6.45) is 1.56. The Kier molecular flexibility index (Phi) is 4.44. The molecular weight excluding hydrogens is 374 g/mol. The Bertz CT molecular complexity index is 1180. The fourth-order valence-corrected chi connectivity index (χ4v) is 2.98. The van der Waals surface area contributed by atoms with Crippen molar-refractivity contribution in [3.05, 3.63) is 82.1 Å². The van der Waals surface area contributed by atoms with E-state index in [0.717, 1.165) is 0 Å². The van der Waals surface area contributed by atoms with Crippen LogP contribution in [0.25, 0.3) is 17.4 Å². The zero-order chi connectivity index (χ0) is 20.5. The average Bonchev–Trinajstić information content (AvgIpc) is 3.29. The van der Waals surface area contributed by atoms with Crippen LogP contribution in [-0.4, -0.2) is 21.6 Å². The summed E-state index contributed by atoms with van der Waals surface area (Å²) in [7, 11) is 0. The summed E-state index contributed by atoms with van der Waals surface area (Å²) in [5, 5.41) is 26.6. The van der Waals surface area contributed by atoms with Gasteiger partial charge in [0.2, 0.25) is 0 Å². The molecule has 8 heteroatoms. The van der Waals surface area contributed by atoms with E-state index >= 15 is 0 Å². The number of rotatable bonds is 4. The van der Waals surface area contributed by atoms with Crippen LogP contribution in [0.4, 0.5) is 11.4 Å². The molecule has 0 spiro atoms. The molecule has 4 rings (SSSR count). The highest BCUT2D eigenvalue weighted by atomic mass is 16.6. The first kappa shape index (κ1) is 18.2. The predicted molar refractivity (Wildman–Crippen MR) is 107 cm³/mol. The minimum absolute atomic E-state index is 0.144. The van der Waals surface area contributed by atoms with Crippen molar-refractivity contribution < 1.29 is 19.2 Å². The smallest absolute Gasteiger partial charge is 0.280 e. The number of furan rings is 1. The number of amides is 1. The topological polar surface area (TPSA) is 109 Å². The van der Waals surface area contributed by atoms with Gasteiger partial charge < -0.3 is 9.52 Å². The Morgan fingerprint density at radius 2 is 1.90 bits per heavy atom. The Hall–Kier alpha value is -4.20. The molecule has 0 atom stereocenters. The normalized spacial score (nSPS) is 15.1. The molecule has 0 unspecified atom stereocenters. The van der Waals surface area contributed by atoms with Crippen LogP contribution in [0.5, 0.6) is 5.75 Å². The molecule has 0 saturated heterocycles. The third-order valence-electron chi connectivity index (χ3n) is 4.43. The third-order valence-corrected chi connectivity index (χ3v) is 4.43. The number of carbonyl (C=O) groups is 1. The second kappa shape index (κ2) is 7.08. The fourth-order valence-electron chi connectivity index (χ4n) is 2.98. The van der Waals surface area contributed by atoms with Crippen molar-refractivity contribution in [3.63, 3.8) is 0 Å². The summed E-state index contributed by atoms with van der Waals surface area (Å²) < 4.78 is 5.70. The first-order valence-corrected chi connectivity index (χ1v) is 8.68. The largest absolute Gasteiger partial charge is 0.507 e. The molecule has 8 nitrogen and oxygen atoms in total. The minimum atomic E-state index is -0.552. The quantitative estimate of drug-likeness (QED) is 0.405. The van der Waals surface area contributed by atoms with Gasteiger partial charge in [-0.1, -0.05) is 18.2 Å². The van der Waals surface area contributed by atoms with Crippen molar-refractivity contribution >= 4 is 29.1 Å². The van der Waals surface area contributed by atoms with Crippen molar-refractivity contribution in [2.45, 2.75) is 6.92 Å². The van der Waals surface area contributed by atoms with Gasteiger partial charge in [-0.3, -0.25) is 14.9 Å². The number of hydrogen-bond donors (Lipinski definition) is 1. The summed E-state index contributed by atoms with van der Waals surface area (Å²) >= 11 is 0. The molecule has 0 fully saturated rings. The second-order valence-corrected chi connectivity index (χ2v) is 6.36. The molecule has 0 radical (unpaired) electrons. The SMILES string of the molecule is CC1=NN(c2ccccc2)C(=O)/C1=C/c1ccc(-c2cc([N+](=O)[O-])ccc2O)o1. The maximum Gasteiger partial charge on any atom is 0.280 e. The highest BCUT2D eigenvalue weighted by molar-refractivity contribution is 6.32. The van der Waals surface area contributed by atoms with Crippen LogP contribution in [0.1, 0.15) is 12.7 Å². The predicted octanol–water partition coefficient (Wildman–Crippen LogP) is 4.37. The highest BCUT2D eigenvalue weighted by Crippen LogP contribution is 2.34. The molecule has 1 amide bonds.